The second-order valence-electron chi connectivity index (χ2n) is 4.33. The topological polar surface area (TPSA) is 22.1 Å². The molecule has 1 radical (unpaired) electrons. The van der Waals surface area contributed by atoms with Crippen LogP contribution in [0.25, 0.3) is 21.9 Å². The van der Waals surface area contributed by atoms with Gasteiger partial charge >= 0.3 is 0 Å². The van der Waals surface area contributed by atoms with Crippen molar-refractivity contribution < 1.29 is 4.74 Å². The van der Waals surface area contributed by atoms with Gasteiger partial charge in [0.15, 0.2) is 0 Å². The molecule has 0 bridgehead atoms. The maximum Gasteiger partial charge on any atom is 0.202 e. The molecule has 0 saturated heterocycles. The van der Waals surface area contributed by atoms with E-state index in [9.17, 15) is 0 Å². The van der Waals surface area contributed by atoms with E-state index < -0.39 is 0 Å². The Hall–Kier alpha value is -1.87. The van der Waals surface area contributed by atoms with E-state index in [0.717, 1.165) is 22.6 Å². The Morgan fingerprint density at radius 3 is 2.89 bits per heavy atom. The van der Waals surface area contributed by atoms with Crippen LogP contribution in [0.1, 0.15) is 13.3 Å². The highest BCUT2D eigenvalue weighted by Gasteiger charge is 2.12. The molecular weight excluding hydrogens is 254 g/mol. The molecule has 19 heavy (non-hydrogen) atoms. The zero-order valence-corrected chi connectivity index (χ0v) is 11.5. The summed E-state index contributed by atoms with van der Waals surface area (Å²) in [7, 11) is 0. The minimum absolute atomic E-state index is 0.716. The van der Waals surface area contributed by atoms with Crippen molar-refractivity contribution in [2.45, 2.75) is 13.3 Å². The van der Waals surface area contributed by atoms with Gasteiger partial charge in [-0.05, 0) is 22.8 Å². The van der Waals surface area contributed by atoms with E-state index >= 15 is 0 Å². The Labute approximate surface area is 116 Å². The molecule has 1 heterocycles. The molecule has 2 aromatic carbocycles. The monoisotopic (exact) mass is 268 g/mol. The van der Waals surface area contributed by atoms with E-state index in [-0.39, 0.29) is 0 Å². The first kappa shape index (κ1) is 12.2. The first-order chi connectivity index (χ1) is 9.40. The second-order valence-corrected chi connectivity index (χ2v) is 5.07. The van der Waals surface area contributed by atoms with E-state index in [4.69, 9.17) is 4.74 Å². The van der Waals surface area contributed by atoms with Gasteiger partial charge in [0.25, 0.3) is 0 Å². The van der Waals surface area contributed by atoms with Gasteiger partial charge in [-0.25, -0.2) is 0 Å². The summed E-state index contributed by atoms with van der Waals surface area (Å²) < 4.78 is 9.90. The van der Waals surface area contributed by atoms with Gasteiger partial charge in [0.05, 0.1) is 12.2 Å². The van der Waals surface area contributed by atoms with Gasteiger partial charge in [0, 0.05) is 11.5 Å². The number of aromatic nitrogens is 1. The Balaban J connectivity index is 2.12. The predicted molar refractivity (Wildman–Crippen MR) is 79.7 cm³/mol. The van der Waals surface area contributed by atoms with Crippen LogP contribution < -0.4 is 4.74 Å². The zero-order chi connectivity index (χ0) is 13.1. The Bertz CT molecular complexity index is 685. The molecule has 0 unspecified atom stereocenters. The molecule has 0 amide bonds. The van der Waals surface area contributed by atoms with Gasteiger partial charge < -0.3 is 4.74 Å². The number of rotatable bonds is 4. The lowest BCUT2D eigenvalue weighted by Gasteiger charge is -2.07. The van der Waals surface area contributed by atoms with Crippen LogP contribution in [0.4, 0.5) is 0 Å². The van der Waals surface area contributed by atoms with Crippen molar-refractivity contribution in [1.82, 2.24) is 4.37 Å². The molecule has 0 aliphatic rings. The maximum absolute atomic E-state index is 5.75. The van der Waals surface area contributed by atoms with Gasteiger partial charge in [0.1, 0.15) is 6.20 Å². The van der Waals surface area contributed by atoms with E-state index in [2.05, 4.69) is 60.0 Å². The quantitative estimate of drug-likeness (QED) is 0.692. The van der Waals surface area contributed by atoms with Gasteiger partial charge in [0.2, 0.25) is 5.06 Å². The first-order valence-electron chi connectivity index (χ1n) is 6.38. The van der Waals surface area contributed by atoms with Crippen molar-refractivity contribution in [3.63, 3.8) is 0 Å². The summed E-state index contributed by atoms with van der Waals surface area (Å²) in [5.74, 6) is 0. The van der Waals surface area contributed by atoms with Crippen molar-refractivity contribution >= 4 is 22.3 Å². The maximum atomic E-state index is 5.75. The summed E-state index contributed by atoms with van der Waals surface area (Å²) >= 11 is 1.37. The highest BCUT2D eigenvalue weighted by molar-refractivity contribution is 7.08. The number of hydrogen-bond donors (Lipinski definition) is 0. The molecule has 0 aliphatic carbocycles. The van der Waals surface area contributed by atoms with E-state index in [0.29, 0.717) is 6.61 Å². The number of benzene rings is 2. The molecule has 0 spiro atoms. The lowest BCUT2D eigenvalue weighted by Crippen LogP contribution is -1.94. The molecule has 0 fully saturated rings. The van der Waals surface area contributed by atoms with Gasteiger partial charge in [-0.1, -0.05) is 49.4 Å². The molecule has 0 saturated carbocycles. The molecule has 1 aromatic heterocycles. The second kappa shape index (κ2) is 5.41. The summed E-state index contributed by atoms with van der Waals surface area (Å²) in [5, 5.41) is 3.29. The average molecular weight is 268 g/mol. The van der Waals surface area contributed by atoms with Crippen molar-refractivity contribution in [1.29, 1.82) is 0 Å². The Morgan fingerprint density at radius 2 is 2.00 bits per heavy atom. The lowest BCUT2D eigenvalue weighted by molar-refractivity contribution is 0.328. The predicted octanol–water partition coefficient (Wildman–Crippen LogP) is 4.55. The van der Waals surface area contributed by atoms with Crippen LogP contribution in [0.15, 0.2) is 42.5 Å². The fraction of sp³-hybridized carbons (Fsp3) is 0.188. The van der Waals surface area contributed by atoms with E-state index in [1.807, 2.05) is 0 Å². The fourth-order valence-corrected chi connectivity index (χ4v) is 2.71. The first-order valence-corrected chi connectivity index (χ1v) is 7.15. The summed E-state index contributed by atoms with van der Waals surface area (Å²) in [4.78, 5) is 0. The summed E-state index contributed by atoms with van der Waals surface area (Å²) in [6.07, 6.45) is 4.06. The van der Waals surface area contributed by atoms with Crippen molar-refractivity contribution in [2.24, 2.45) is 0 Å². The summed E-state index contributed by atoms with van der Waals surface area (Å²) in [6, 6.07) is 14.6. The largest absolute Gasteiger partial charge is 0.482 e. The molecule has 0 atom stereocenters. The normalized spacial score (nSPS) is 10.8. The third kappa shape index (κ3) is 2.34. The van der Waals surface area contributed by atoms with Gasteiger partial charge in [-0.2, -0.15) is 4.37 Å². The van der Waals surface area contributed by atoms with Crippen molar-refractivity contribution in [3.8, 4) is 16.2 Å². The van der Waals surface area contributed by atoms with E-state index in [1.165, 1.54) is 22.3 Å². The van der Waals surface area contributed by atoms with Crippen LogP contribution in [0.3, 0.4) is 0 Å². The third-order valence-corrected chi connectivity index (χ3v) is 3.66. The number of ether oxygens (including phenoxy) is 1. The Morgan fingerprint density at radius 1 is 1.16 bits per heavy atom. The standard InChI is InChI=1S/C16H14NOS/c1-2-10-18-16-15(11-17-19-16)14-9-5-7-12-6-3-4-8-13(12)14/h3-9H,2,10H2,1H3. The third-order valence-electron chi connectivity index (χ3n) is 2.99. The van der Waals surface area contributed by atoms with Gasteiger partial charge in [-0.15, -0.1) is 0 Å². The minimum atomic E-state index is 0.716. The highest BCUT2D eigenvalue weighted by Crippen LogP contribution is 2.37. The summed E-state index contributed by atoms with van der Waals surface area (Å²) in [6.45, 7) is 2.82. The Kier molecular flexibility index (Phi) is 3.47. The molecule has 3 rings (SSSR count). The fourth-order valence-electron chi connectivity index (χ4n) is 2.11. The zero-order valence-electron chi connectivity index (χ0n) is 10.7. The number of fused-ring (bicyclic) bond motifs is 1. The highest BCUT2D eigenvalue weighted by atomic mass is 32.1. The molecule has 0 N–H and O–H groups in total. The average Bonchev–Trinajstić information content (AvgIpc) is 2.92. The minimum Gasteiger partial charge on any atom is -0.482 e. The SMILES string of the molecule is CCCOc1sn[c]c1-c1cccc2ccccc12. The van der Waals surface area contributed by atoms with Gasteiger partial charge in [-0.3, -0.25) is 0 Å². The van der Waals surface area contributed by atoms with Crippen LogP contribution in [-0.2, 0) is 0 Å². The van der Waals surface area contributed by atoms with Crippen LogP contribution in [0, 0.1) is 6.20 Å². The molecule has 95 valence electrons. The van der Waals surface area contributed by atoms with E-state index in [1.54, 1.807) is 0 Å². The molecule has 2 nitrogen and oxygen atoms in total. The number of hydrogen-bond acceptors (Lipinski definition) is 3. The van der Waals surface area contributed by atoms with Crippen LogP contribution >= 0.6 is 11.5 Å². The lowest BCUT2D eigenvalue weighted by atomic mass is 10.0. The van der Waals surface area contributed by atoms with Crippen LogP contribution in [0.5, 0.6) is 5.06 Å². The molecule has 0 aliphatic heterocycles. The smallest absolute Gasteiger partial charge is 0.202 e. The van der Waals surface area contributed by atoms with Crippen LogP contribution in [-0.4, -0.2) is 11.0 Å². The van der Waals surface area contributed by atoms with Crippen LogP contribution in [0.2, 0.25) is 0 Å². The molecule has 3 heteroatoms. The number of nitrogens with zero attached hydrogens (tertiary/aromatic N) is 1. The van der Waals surface area contributed by atoms with Crippen molar-refractivity contribution in [2.75, 3.05) is 6.61 Å². The van der Waals surface area contributed by atoms with Crippen molar-refractivity contribution in [3.05, 3.63) is 48.7 Å². The molecular formula is C16H14NOS. The summed E-state index contributed by atoms with van der Waals surface area (Å²) in [5.41, 5.74) is 2.10. The molecule has 3 aromatic rings.